The van der Waals surface area contributed by atoms with Crippen molar-refractivity contribution in [2.45, 2.75) is 37.6 Å². The summed E-state index contributed by atoms with van der Waals surface area (Å²) in [6, 6.07) is -1.04. The number of alkyl halides is 3. The van der Waals surface area contributed by atoms with Crippen molar-refractivity contribution in [1.29, 1.82) is 0 Å². The molecule has 1 aliphatic rings. The summed E-state index contributed by atoms with van der Waals surface area (Å²) < 4.78 is 26.4. The van der Waals surface area contributed by atoms with Crippen molar-refractivity contribution >= 4 is 27.8 Å². The first-order valence-electron chi connectivity index (χ1n) is 5.31. The van der Waals surface area contributed by atoms with E-state index in [-0.39, 0.29) is 11.8 Å². The Hall–Kier alpha value is -0.720. The van der Waals surface area contributed by atoms with Crippen LogP contribution in [0.4, 0.5) is 13.6 Å². The Balaban J connectivity index is 2.75. The molecule has 98 valence electrons. The number of hydrogen-bond donors (Lipinski definition) is 2. The molecule has 1 rings (SSSR count). The van der Waals surface area contributed by atoms with Crippen LogP contribution < -0.4 is 5.32 Å². The van der Waals surface area contributed by atoms with Crippen LogP contribution in [0.15, 0.2) is 0 Å². The summed E-state index contributed by atoms with van der Waals surface area (Å²) in [6.45, 7) is 0. The molecule has 0 spiro atoms. The van der Waals surface area contributed by atoms with Gasteiger partial charge in [-0.2, -0.15) is 0 Å². The Morgan fingerprint density at radius 2 is 2.18 bits per heavy atom. The summed E-state index contributed by atoms with van der Waals surface area (Å²) in [4.78, 5) is 22.1. The highest BCUT2D eigenvalue weighted by atomic mass is 79.9. The third kappa shape index (κ3) is 4.22. The maximum atomic E-state index is 13.2. The van der Waals surface area contributed by atoms with Gasteiger partial charge in [-0.05, 0) is 18.8 Å². The van der Waals surface area contributed by atoms with Crippen molar-refractivity contribution in [3.05, 3.63) is 0 Å². The van der Waals surface area contributed by atoms with Crippen LogP contribution in [0.3, 0.4) is 0 Å². The molecule has 4 nitrogen and oxygen atoms in total. The highest BCUT2D eigenvalue weighted by molar-refractivity contribution is 9.09. The van der Waals surface area contributed by atoms with Crippen molar-refractivity contribution in [3.8, 4) is 0 Å². The molecular formula is C10H14BrF2NO3. The molecule has 1 fully saturated rings. The number of carboxylic acid groups (broad SMARTS) is 1. The van der Waals surface area contributed by atoms with E-state index in [1.54, 1.807) is 0 Å². The first-order chi connectivity index (χ1) is 7.85. The van der Waals surface area contributed by atoms with Crippen LogP contribution in [-0.2, 0) is 4.79 Å². The second-order valence-electron chi connectivity index (χ2n) is 4.24. The van der Waals surface area contributed by atoms with E-state index in [4.69, 9.17) is 5.11 Å². The van der Waals surface area contributed by atoms with Crippen LogP contribution in [0.25, 0.3) is 0 Å². The average Bonchev–Trinajstić information content (AvgIpc) is 2.23. The zero-order chi connectivity index (χ0) is 13.1. The molecule has 1 saturated carbocycles. The molecule has 0 bridgehead atoms. The highest BCUT2D eigenvalue weighted by Crippen LogP contribution is 2.38. The molecule has 0 aromatic rings. The number of rotatable bonds is 4. The first kappa shape index (κ1) is 14.3. The number of carbonyl (C=O) groups excluding carboxylic acids is 1. The van der Waals surface area contributed by atoms with Gasteiger partial charge in [0.25, 0.3) is 0 Å². The molecule has 1 amide bonds. The number of hydrogen-bond acceptors (Lipinski definition) is 2. The lowest BCUT2D eigenvalue weighted by Gasteiger charge is -2.33. The van der Waals surface area contributed by atoms with Crippen LogP contribution in [0.5, 0.6) is 0 Å². The lowest BCUT2D eigenvalue weighted by molar-refractivity contribution is -0.122. The molecule has 17 heavy (non-hydrogen) atoms. The van der Waals surface area contributed by atoms with Crippen LogP contribution in [0.1, 0.15) is 25.7 Å². The fourth-order valence-electron chi connectivity index (χ4n) is 2.17. The molecule has 0 unspecified atom stereocenters. The zero-order valence-electron chi connectivity index (χ0n) is 9.09. The van der Waals surface area contributed by atoms with Gasteiger partial charge in [-0.15, -0.1) is 0 Å². The zero-order valence-corrected chi connectivity index (χ0v) is 10.7. The number of nitrogens with one attached hydrogen (secondary N) is 1. The van der Waals surface area contributed by atoms with Crippen LogP contribution in [0, 0.1) is 5.92 Å². The molecule has 2 N–H and O–H groups in total. The molecule has 0 aromatic carbocycles. The van der Waals surface area contributed by atoms with Crippen LogP contribution >= 0.6 is 15.9 Å². The van der Waals surface area contributed by atoms with Crippen molar-refractivity contribution in [2.75, 3.05) is 5.33 Å². The molecule has 0 aliphatic heterocycles. The predicted molar refractivity (Wildman–Crippen MR) is 60.7 cm³/mol. The Bertz CT molecular complexity index is 312. The van der Waals surface area contributed by atoms with Crippen molar-refractivity contribution in [2.24, 2.45) is 5.92 Å². The number of carbonyl (C=O) groups is 2. The van der Waals surface area contributed by atoms with E-state index in [1.165, 1.54) is 0 Å². The topological polar surface area (TPSA) is 66.4 Å². The Morgan fingerprint density at radius 3 is 2.65 bits per heavy atom. The SMILES string of the molecule is O=C(O)N[C@H](C(=O)CBr)[C@H]1CCCC(F)(F)C1. The summed E-state index contributed by atoms with van der Waals surface area (Å²) >= 11 is 2.93. The van der Waals surface area contributed by atoms with E-state index in [0.717, 1.165) is 0 Å². The summed E-state index contributed by atoms with van der Waals surface area (Å²) in [5.74, 6) is -3.83. The maximum Gasteiger partial charge on any atom is 0.405 e. The van der Waals surface area contributed by atoms with E-state index in [2.05, 4.69) is 15.9 Å². The molecule has 0 heterocycles. The van der Waals surface area contributed by atoms with Gasteiger partial charge >= 0.3 is 6.09 Å². The van der Waals surface area contributed by atoms with Gasteiger partial charge in [0.1, 0.15) is 0 Å². The maximum absolute atomic E-state index is 13.2. The highest BCUT2D eigenvalue weighted by Gasteiger charge is 2.41. The molecular weight excluding hydrogens is 300 g/mol. The number of ketones is 1. The van der Waals surface area contributed by atoms with Crippen LogP contribution in [-0.4, -0.2) is 34.3 Å². The van der Waals surface area contributed by atoms with Gasteiger partial charge in [-0.3, -0.25) is 4.79 Å². The molecule has 1 aliphatic carbocycles. The van der Waals surface area contributed by atoms with Crippen LogP contribution in [0.2, 0.25) is 0 Å². The fraction of sp³-hybridized carbons (Fsp3) is 0.800. The summed E-state index contributed by atoms with van der Waals surface area (Å²) in [5.41, 5.74) is 0. The normalized spacial score (nSPS) is 25.0. The minimum absolute atomic E-state index is 0.0416. The Labute approximate surface area is 106 Å². The third-order valence-electron chi connectivity index (χ3n) is 2.91. The fourth-order valence-corrected chi connectivity index (χ4v) is 2.52. The van der Waals surface area contributed by atoms with E-state index in [9.17, 15) is 18.4 Å². The quantitative estimate of drug-likeness (QED) is 0.783. The van der Waals surface area contributed by atoms with Gasteiger partial charge in [0.2, 0.25) is 5.92 Å². The van der Waals surface area contributed by atoms with Gasteiger partial charge in [0.05, 0.1) is 11.4 Å². The van der Waals surface area contributed by atoms with Crippen molar-refractivity contribution < 1.29 is 23.5 Å². The van der Waals surface area contributed by atoms with E-state index < -0.39 is 36.2 Å². The van der Waals surface area contributed by atoms with Gasteiger partial charge in [-0.25, -0.2) is 13.6 Å². The van der Waals surface area contributed by atoms with E-state index in [0.29, 0.717) is 12.8 Å². The Morgan fingerprint density at radius 1 is 1.53 bits per heavy atom. The minimum Gasteiger partial charge on any atom is -0.465 e. The second kappa shape index (κ2) is 5.75. The summed E-state index contributed by atoms with van der Waals surface area (Å²) in [6.07, 6.45) is -1.23. The number of amides is 1. The lowest BCUT2D eigenvalue weighted by atomic mass is 9.80. The van der Waals surface area contributed by atoms with Gasteiger partial charge < -0.3 is 10.4 Å². The van der Waals surface area contributed by atoms with Gasteiger partial charge in [-0.1, -0.05) is 15.9 Å². The van der Waals surface area contributed by atoms with Crippen molar-refractivity contribution in [1.82, 2.24) is 5.32 Å². The Kier molecular flexibility index (Phi) is 4.85. The predicted octanol–water partition coefficient (Wildman–Crippen LogP) is 2.41. The van der Waals surface area contributed by atoms with Crippen molar-refractivity contribution in [3.63, 3.8) is 0 Å². The third-order valence-corrected chi connectivity index (χ3v) is 3.46. The largest absolute Gasteiger partial charge is 0.465 e. The summed E-state index contributed by atoms with van der Waals surface area (Å²) in [5, 5.41) is 10.6. The minimum atomic E-state index is -2.80. The summed E-state index contributed by atoms with van der Waals surface area (Å²) in [7, 11) is 0. The monoisotopic (exact) mass is 313 g/mol. The molecule has 0 radical (unpaired) electrons. The first-order valence-corrected chi connectivity index (χ1v) is 6.44. The average molecular weight is 314 g/mol. The standard InChI is InChI=1S/C10H14BrF2NO3/c11-5-7(15)8(14-9(16)17)6-2-1-3-10(12,13)4-6/h6,8,14H,1-5H2,(H,16,17)/t6-,8-/m0/s1. The van der Waals surface area contributed by atoms with Gasteiger partial charge in [0.15, 0.2) is 5.78 Å². The second-order valence-corrected chi connectivity index (χ2v) is 4.80. The molecule has 2 atom stereocenters. The molecule has 7 heteroatoms. The lowest BCUT2D eigenvalue weighted by Crippen LogP contribution is -2.48. The van der Waals surface area contributed by atoms with E-state index in [1.807, 2.05) is 5.32 Å². The molecule has 0 aromatic heterocycles. The number of halogens is 3. The molecule has 0 saturated heterocycles. The number of Topliss-reactive ketones (excluding diaryl/α,β-unsaturated/α-hetero) is 1. The van der Waals surface area contributed by atoms with Gasteiger partial charge in [0, 0.05) is 12.8 Å². The smallest absolute Gasteiger partial charge is 0.405 e. The van der Waals surface area contributed by atoms with E-state index >= 15 is 0 Å².